The topological polar surface area (TPSA) is 97.0 Å². The number of rotatable bonds is 4. The van der Waals surface area contributed by atoms with Crippen molar-refractivity contribution in [1.29, 1.82) is 0 Å². The van der Waals surface area contributed by atoms with Gasteiger partial charge in [-0.15, -0.1) is 0 Å². The van der Waals surface area contributed by atoms with Gasteiger partial charge in [0, 0.05) is 24.5 Å². The molecule has 1 aromatic heterocycles. The van der Waals surface area contributed by atoms with Crippen LogP contribution in [-0.2, 0) is 16.0 Å². The molecule has 144 valence electrons. The largest absolute Gasteiger partial charge is 0.495 e. The Kier molecular flexibility index (Phi) is 5.41. The summed E-state index contributed by atoms with van der Waals surface area (Å²) in [5.41, 5.74) is 0.698. The number of amides is 1. The first kappa shape index (κ1) is 19.2. The number of piperidine rings is 1. The van der Waals surface area contributed by atoms with Crippen LogP contribution in [0.4, 0.5) is 0 Å². The van der Waals surface area contributed by atoms with Crippen molar-refractivity contribution in [3.05, 3.63) is 38.7 Å². The Balaban J connectivity index is 1.86. The predicted molar refractivity (Wildman–Crippen MR) is 99.4 cm³/mol. The van der Waals surface area contributed by atoms with E-state index in [1.165, 1.54) is 7.11 Å². The number of ether oxygens (including phenoxy) is 1. The van der Waals surface area contributed by atoms with Crippen molar-refractivity contribution >= 4 is 34.4 Å². The number of benzene rings is 1. The summed E-state index contributed by atoms with van der Waals surface area (Å²) in [6, 6.07) is 3.20. The second-order valence-corrected chi connectivity index (χ2v) is 7.05. The normalized spacial score (nSPS) is 15.1. The number of aliphatic carboxylic acids is 1. The van der Waals surface area contributed by atoms with Gasteiger partial charge >= 0.3 is 11.6 Å². The van der Waals surface area contributed by atoms with E-state index in [-0.39, 0.29) is 17.9 Å². The Hall–Kier alpha value is -2.54. The van der Waals surface area contributed by atoms with Gasteiger partial charge in [0.2, 0.25) is 5.91 Å². The van der Waals surface area contributed by atoms with Gasteiger partial charge in [-0.1, -0.05) is 11.6 Å². The maximum atomic E-state index is 12.6. The van der Waals surface area contributed by atoms with Crippen LogP contribution in [0.5, 0.6) is 5.75 Å². The Morgan fingerprint density at radius 2 is 2.00 bits per heavy atom. The maximum Gasteiger partial charge on any atom is 0.340 e. The first-order valence-corrected chi connectivity index (χ1v) is 9.00. The van der Waals surface area contributed by atoms with E-state index in [9.17, 15) is 14.4 Å². The number of carbonyl (C=O) groups is 2. The maximum absolute atomic E-state index is 12.6. The van der Waals surface area contributed by atoms with Crippen LogP contribution in [0.15, 0.2) is 21.3 Å². The molecule has 0 atom stereocenters. The van der Waals surface area contributed by atoms with Gasteiger partial charge in [-0.25, -0.2) is 4.79 Å². The summed E-state index contributed by atoms with van der Waals surface area (Å²) in [7, 11) is 1.47. The van der Waals surface area contributed by atoms with E-state index >= 15 is 0 Å². The number of hydrogen-bond acceptors (Lipinski definition) is 5. The summed E-state index contributed by atoms with van der Waals surface area (Å²) >= 11 is 6.17. The number of carboxylic acid groups (broad SMARTS) is 1. The number of halogens is 1. The molecule has 0 spiro atoms. The molecule has 1 saturated heterocycles. The number of aryl methyl sites for hydroxylation is 1. The lowest BCUT2D eigenvalue weighted by atomic mass is 9.96. The predicted octanol–water partition coefficient (Wildman–Crippen LogP) is 2.63. The molecule has 1 N–H and O–H groups in total. The van der Waals surface area contributed by atoms with Crippen LogP contribution in [-0.4, -0.2) is 42.1 Å². The molecule has 1 amide bonds. The summed E-state index contributed by atoms with van der Waals surface area (Å²) < 4.78 is 10.5. The van der Waals surface area contributed by atoms with Crippen LogP contribution in [0.3, 0.4) is 0 Å². The Bertz CT molecular complexity index is 959. The van der Waals surface area contributed by atoms with Crippen molar-refractivity contribution in [2.45, 2.75) is 26.2 Å². The fourth-order valence-corrected chi connectivity index (χ4v) is 3.63. The smallest absolute Gasteiger partial charge is 0.340 e. The standard InChI is InChI=1S/C19H20ClNO6/c1-10-12-7-14(20)16(26-2)9-15(12)27-19(25)13(10)8-17(22)21-5-3-11(4-6-21)18(23)24/h7,9,11H,3-6,8H2,1-2H3,(H,23,24). The van der Waals surface area contributed by atoms with Crippen molar-refractivity contribution in [2.75, 3.05) is 20.2 Å². The number of fused-ring (bicyclic) bond motifs is 1. The van der Waals surface area contributed by atoms with Gasteiger partial charge in [-0.3, -0.25) is 9.59 Å². The van der Waals surface area contributed by atoms with Crippen LogP contribution in [0.2, 0.25) is 5.02 Å². The summed E-state index contributed by atoms with van der Waals surface area (Å²) in [6.07, 6.45) is 0.745. The minimum absolute atomic E-state index is 0.0918. The van der Waals surface area contributed by atoms with E-state index in [4.69, 9.17) is 25.9 Å². The van der Waals surface area contributed by atoms with Crippen molar-refractivity contribution in [3.8, 4) is 5.75 Å². The van der Waals surface area contributed by atoms with Gasteiger partial charge in [0.05, 0.1) is 30.0 Å². The van der Waals surface area contributed by atoms with Gasteiger partial charge in [0.1, 0.15) is 11.3 Å². The highest BCUT2D eigenvalue weighted by Gasteiger charge is 2.28. The molecule has 1 aromatic carbocycles. The molecule has 0 bridgehead atoms. The molecule has 8 heteroatoms. The van der Waals surface area contributed by atoms with E-state index in [2.05, 4.69) is 0 Å². The Morgan fingerprint density at radius 3 is 2.59 bits per heavy atom. The molecule has 1 aliphatic rings. The summed E-state index contributed by atoms with van der Waals surface area (Å²) in [6.45, 7) is 2.49. The molecule has 0 saturated carbocycles. The Labute approximate surface area is 160 Å². The SMILES string of the molecule is COc1cc2oc(=O)c(CC(=O)N3CCC(C(=O)O)CC3)c(C)c2cc1Cl. The minimum atomic E-state index is -0.833. The van der Waals surface area contributed by atoms with E-state index in [0.717, 1.165) is 0 Å². The van der Waals surface area contributed by atoms with Crippen molar-refractivity contribution in [1.82, 2.24) is 4.90 Å². The Morgan fingerprint density at radius 1 is 1.33 bits per heavy atom. The molecule has 1 aliphatic heterocycles. The number of hydrogen-bond donors (Lipinski definition) is 1. The molecular weight excluding hydrogens is 374 g/mol. The van der Waals surface area contributed by atoms with Crippen molar-refractivity contribution in [3.63, 3.8) is 0 Å². The highest BCUT2D eigenvalue weighted by Crippen LogP contribution is 2.31. The van der Waals surface area contributed by atoms with Crippen LogP contribution in [0, 0.1) is 12.8 Å². The van der Waals surface area contributed by atoms with Crippen LogP contribution < -0.4 is 10.4 Å². The number of carbonyl (C=O) groups excluding carboxylic acids is 1. The second-order valence-electron chi connectivity index (χ2n) is 6.65. The molecule has 0 unspecified atom stereocenters. The quantitative estimate of drug-likeness (QED) is 0.802. The first-order chi connectivity index (χ1) is 12.8. The zero-order valence-electron chi connectivity index (χ0n) is 15.1. The lowest BCUT2D eigenvalue weighted by Crippen LogP contribution is -2.41. The van der Waals surface area contributed by atoms with Gasteiger partial charge in [0.15, 0.2) is 0 Å². The molecule has 0 radical (unpaired) electrons. The third-order valence-corrected chi connectivity index (χ3v) is 5.38. The number of carboxylic acids is 1. The average molecular weight is 394 g/mol. The minimum Gasteiger partial charge on any atom is -0.495 e. The molecule has 1 fully saturated rings. The molecular formula is C19H20ClNO6. The lowest BCUT2D eigenvalue weighted by molar-refractivity contribution is -0.145. The number of nitrogens with zero attached hydrogens (tertiary/aromatic N) is 1. The molecule has 27 heavy (non-hydrogen) atoms. The number of likely N-dealkylation sites (tertiary alicyclic amines) is 1. The van der Waals surface area contributed by atoms with Crippen LogP contribution >= 0.6 is 11.6 Å². The highest BCUT2D eigenvalue weighted by atomic mass is 35.5. The van der Waals surface area contributed by atoms with E-state index in [0.29, 0.717) is 53.2 Å². The lowest BCUT2D eigenvalue weighted by Gasteiger charge is -2.30. The van der Waals surface area contributed by atoms with Gasteiger partial charge in [-0.2, -0.15) is 0 Å². The zero-order valence-corrected chi connectivity index (χ0v) is 15.8. The second kappa shape index (κ2) is 7.60. The molecule has 0 aliphatic carbocycles. The van der Waals surface area contributed by atoms with Crippen molar-refractivity contribution in [2.24, 2.45) is 5.92 Å². The van der Waals surface area contributed by atoms with Gasteiger partial charge < -0.3 is 19.2 Å². The van der Waals surface area contributed by atoms with Gasteiger partial charge in [0.25, 0.3) is 0 Å². The zero-order chi connectivity index (χ0) is 19.7. The van der Waals surface area contributed by atoms with E-state index < -0.39 is 17.5 Å². The van der Waals surface area contributed by atoms with E-state index in [1.54, 1.807) is 24.0 Å². The molecule has 2 aromatic rings. The van der Waals surface area contributed by atoms with E-state index in [1.807, 2.05) is 0 Å². The van der Waals surface area contributed by atoms with Crippen LogP contribution in [0.25, 0.3) is 11.0 Å². The van der Waals surface area contributed by atoms with Crippen molar-refractivity contribution < 1.29 is 23.8 Å². The third-order valence-electron chi connectivity index (χ3n) is 5.08. The fourth-order valence-electron chi connectivity index (χ4n) is 3.39. The molecule has 7 nitrogen and oxygen atoms in total. The van der Waals surface area contributed by atoms with Crippen LogP contribution in [0.1, 0.15) is 24.0 Å². The third kappa shape index (κ3) is 3.78. The number of methoxy groups -OCH3 is 1. The fraction of sp³-hybridized carbons (Fsp3) is 0.421. The molecule has 2 heterocycles. The summed E-state index contributed by atoms with van der Waals surface area (Å²) in [4.78, 5) is 37.6. The monoisotopic (exact) mass is 393 g/mol. The highest BCUT2D eigenvalue weighted by molar-refractivity contribution is 6.32. The summed E-state index contributed by atoms with van der Waals surface area (Å²) in [5, 5.41) is 10.1. The van der Waals surface area contributed by atoms with Gasteiger partial charge in [-0.05, 0) is 31.4 Å². The molecule has 3 rings (SSSR count). The first-order valence-electron chi connectivity index (χ1n) is 8.62. The average Bonchev–Trinajstić information content (AvgIpc) is 2.65. The summed E-state index contributed by atoms with van der Waals surface area (Å²) in [5.74, 6) is -1.07.